The van der Waals surface area contributed by atoms with E-state index in [2.05, 4.69) is 16.4 Å². The summed E-state index contributed by atoms with van der Waals surface area (Å²) in [6, 6.07) is 19.7. The molecule has 1 aromatic heterocycles. The molecule has 3 aromatic rings. The van der Waals surface area contributed by atoms with Gasteiger partial charge in [0, 0.05) is 30.9 Å². The van der Waals surface area contributed by atoms with E-state index in [-0.39, 0.29) is 42.9 Å². The Labute approximate surface area is 191 Å². The van der Waals surface area contributed by atoms with Crippen molar-refractivity contribution in [3.05, 3.63) is 72.6 Å². The van der Waals surface area contributed by atoms with Crippen molar-refractivity contribution in [2.75, 3.05) is 25.5 Å². The minimum absolute atomic E-state index is 0.131. The Morgan fingerprint density at radius 1 is 1.12 bits per heavy atom. The first-order valence-corrected chi connectivity index (χ1v) is 10.6. The first-order chi connectivity index (χ1) is 16.0. The summed E-state index contributed by atoms with van der Waals surface area (Å²) >= 11 is 0. The van der Waals surface area contributed by atoms with Crippen LogP contribution < -0.4 is 5.32 Å². The second-order valence-electron chi connectivity index (χ2n) is 8.06. The molecule has 2 atom stereocenters. The maximum Gasteiger partial charge on any atom is 0.272 e. The lowest BCUT2D eigenvalue weighted by Gasteiger charge is -2.23. The van der Waals surface area contributed by atoms with Crippen LogP contribution in [0.1, 0.15) is 16.9 Å². The van der Waals surface area contributed by atoms with Crippen LogP contribution in [0.15, 0.2) is 66.9 Å². The highest BCUT2D eigenvalue weighted by atomic mass is 16.2. The lowest BCUT2D eigenvalue weighted by molar-refractivity contribution is -0.131. The molecule has 0 aliphatic carbocycles. The van der Waals surface area contributed by atoms with Gasteiger partial charge in [0.15, 0.2) is 0 Å². The lowest BCUT2D eigenvalue weighted by atomic mass is 10.1. The quantitative estimate of drug-likeness (QED) is 0.655. The minimum atomic E-state index is -0.716. The maximum atomic E-state index is 12.9. The standard InChI is InChI=1S/C25H23N5O3/c1-29(25(33)22-12-17-7-5-6-8-18(17)14-27-22)16-23(31)30-15-19(11-21(30)13-26)24(32)28-20-9-3-2-4-10-20/h2-10,12,14,19,21H,11,15-16H2,1H3,(H,28,32). The van der Waals surface area contributed by atoms with Gasteiger partial charge in [-0.2, -0.15) is 5.26 Å². The Morgan fingerprint density at radius 3 is 2.55 bits per heavy atom. The van der Waals surface area contributed by atoms with Crippen molar-refractivity contribution in [2.45, 2.75) is 12.5 Å². The normalized spacial score (nSPS) is 17.4. The smallest absolute Gasteiger partial charge is 0.272 e. The number of pyridine rings is 1. The Kier molecular flexibility index (Phi) is 6.31. The maximum absolute atomic E-state index is 12.9. The third-order valence-electron chi connectivity index (χ3n) is 5.75. The minimum Gasteiger partial charge on any atom is -0.331 e. The van der Waals surface area contributed by atoms with Gasteiger partial charge < -0.3 is 15.1 Å². The van der Waals surface area contributed by atoms with Crippen LogP contribution in [0, 0.1) is 17.2 Å². The summed E-state index contributed by atoms with van der Waals surface area (Å²) in [5.41, 5.74) is 0.899. The first kappa shape index (κ1) is 22.0. The monoisotopic (exact) mass is 441 g/mol. The molecule has 0 spiro atoms. The van der Waals surface area contributed by atoms with Crippen LogP contribution in [0.3, 0.4) is 0 Å². The molecule has 2 unspecified atom stereocenters. The van der Waals surface area contributed by atoms with E-state index >= 15 is 0 Å². The second kappa shape index (κ2) is 9.49. The van der Waals surface area contributed by atoms with Crippen LogP contribution in [0.25, 0.3) is 10.8 Å². The van der Waals surface area contributed by atoms with Crippen LogP contribution in [-0.2, 0) is 9.59 Å². The topological polar surface area (TPSA) is 106 Å². The molecule has 1 aliphatic heterocycles. The highest BCUT2D eigenvalue weighted by molar-refractivity contribution is 5.98. The predicted octanol–water partition coefficient (Wildman–Crippen LogP) is 2.69. The van der Waals surface area contributed by atoms with Crippen LogP contribution in [-0.4, -0.2) is 58.7 Å². The fourth-order valence-electron chi connectivity index (χ4n) is 3.95. The number of nitriles is 1. The van der Waals surface area contributed by atoms with E-state index in [9.17, 15) is 19.6 Å². The average Bonchev–Trinajstić information content (AvgIpc) is 3.29. The molecule has 2 heterocycles. The number of rotatable bonds is 5. The summed E-state index contributed by atoms with van der Waals surface area (Å²) in [6.07, 6.45) is 1.88. The van der Waals surface area contributed by atoms with E-state index < -0.39 is 12.0 Å². The Balaban J connectivity index is 1.40. The number of aromatic nitrogens is 1. The number of nitrogens with zero attached hydrogens (tertiary/aromatic N) is 4. The van der Waals surface area contributed by atoms with Gasteiger partial charge in [-0.3, -0.25) is 19.4 Å². The highest BCUT2D eigenvalue weighted by Gasteiger charge is 2.39. The Morgan fingerprint density at radius 2 is 1.82 bits per heavy atom. The third kappa shape index (κ3) is 4.83. The number of carbonyl (C=O) groups is 3. The number of likely N-dealkylation sites (N-methyl/N-ethyl adjacent to an activating group) is 1. The van der Waals surface area contributed by atoms with Crippen molar-refractivity contribution < 1.29 is 14.4 Å². The number of hydrogen-bond acceptors (Lipinski definition) is 5. The zero-order valence-corrected chi connectivity index (χ0v) is 18.1. The van der Waals surface area contributed by atoms with E-state index in [1.54, 1.807) is 24.4 Å². The van der Waals surface area contributed by atoms with Crippen LogP contribution in [0.5, 0.6) is 0 Å². The lowest BCUT2D eigenvalue weighted by Crippen LogP contribution is -2.43. The SMILES string of the molecule is CN(CC(=O)N1CC(C(=O)Nc2ccccc2)CC1C#N)C(=O)c1cc2ccccc2cn1. The van der Waals surface area contributed by atoms with E-state index in [0.29, 0.717) is 5.69 Å². The van der Waals surface area contributed by atoms with Gasteiger partial charge in [0.25, 0.3) is 5.91 Å². The fourth-order valence-corrected chi connectivity index (χ4v) is 3.95. The Hall–Kier alpha value is -4.25. The molecule has 166 valence electrons. The molecule has 8 heteroatoms. The van der Waals surface area contributed by atoms with Gasteiger partial charge in [-0.05, 0) is 30.0 Å². The fraction of sp³-hybridized carbons (Fsp3) is 0.240. The van der Waals surface area contributed by atoms with Crippen molar-refractivity contribution in [1.82, 2.24) is 14.8 Å². The van der Waals surface area contributed by atoms with Gasteiger partial charge >= 0.3 is 0 Å². The van der Waals surface area contributed by atoms with Crippen molar-refractivity contribution in [3.63, 3.8) is 0 Å². The number of para-hydroxylation sites is 1. The van der Waals surface area contributed by atoms with Crippen molar-refractivity contribution in [1.29, 1.82) is 5.26 Å². The molecule has 0 radical (unpaired) electrons. The highest BCUT2D eigenvalue weighted by Crippen LogP contribution is 2.25. The molecule has 1 saturated heterocycles. The summed E-state index contributed by atoms with van der Waals surface area (Å²) in [7, 11) is 1.52. The molecule has 4 rings (SSSR count). The largest absolute Gasteiger partial charge is 0.331 e. The average molecular weight is 441 g/mol. The summed E-state index contributed by atoms with van der Waals surface area (Å²) in [5, 5.41) is 14.2. The molecular weight excluding hydrogens is 418 g/mol. The van der Waals surface area contributed by atoms with Crippen molar-refractivity contribution >= 4 is 34.2 Å². The molecule has 1 aliphatic rings. The van der Waals surface area contributed by atoms with Crippen LogP contribution in [0.2, 0.25) is 0 Å². The molecule has 1 fully saturated rings. The zero-order valence-electron chi connectivity index (χ0n) is 18.1. The predicted molar refractivity (Wildman–Crippen MR) is 123 cm³/mol. The Bertz CT molecular complexity index is 1240. The molecule has 0 bridgehead atoms. The van der Waals surface area contributed by atoms with E-state index in [0.717, 1.165) is 10.8 Å². The van der Waals surface area contributed by atoms with Crippen molar-refractivity contribution in [3.8, 4) is 6.07 Å². The van der Waals surface area contributed by atoms with E-state index in [1.807, 2.05) is 42.5 Å². The van der Waals surface area contributed by atoms with Crippen LogP contribution in [0.4, 0.5) is 5.69 Å². The number of fused-ring (bicyclic) bond motifs is 1. The molecule has 0 saturated carbocycles. The number of hydrogen-bond donors (Lipinski definition) is 1. The summed E-state index contributed by atoms with van der Waals surface area (Å²) in [6.45, 7) is -0.0788. The van der Waals surface area contributed by atoms with Crippen LogP contribution >= 0.6 is 0 Å². The van der Waals surface area contributed by atoms with Crippen molar-refractivity contribution in [2.24, 2.45) is 5.92 Å². The van der Waals surface area contributed by atoms with Gasteiger partial charge in [-0.15, -0.1) is 0 Å². The van der Waals surface area contributed by atoms with Gasteiger partial charge in [0.2, 0.25) is 11.8 Å². The molecule has 8 nitrogen and oxygen atoms in total. The number of benzene rings is 2. The van der Waals surface area contributed by atoms with Gasteiger partial charge in [-0.25, -0.2) is 0 Å². The number of amides is 3. The third-order valence-corrected chi connectivity index (χ3v) is 5.75. The molecular formula is C25H23N5O3. The number of likely N-dealkylation sites (tertiary alicyclic amines) is 1. The molecule has 33 heavy (non-hydrogen) atoms. The summed E-state index contributed by atoms with van der Waals surface area (Å²) < 4.78 is 0. The van der Waals surface area contributed by atoms with Gasteiger partial charge in [0.05, 0.1) is 18.5 Å². The van der Waals surface area contributed by atoms with Gasteiger partial charge in [-0.1, -0.05) is 42.5 Å². The van der Waals surface area contributed by atoms with E-state index in [4.69, 9.17) is 0 Å². The number of nitrogens with one attached hydrogen (secondary N) is 1. The second-order valence-corrected chi connectivity index (χ2v) is 8.06. The molecule has 3 amide bonds. The molecule has 2 aromatic carbocycles. The number of carbonyl (C=O) groups excluding carboxylic acids is 3. The zero-order chi connectivity index (χ0) is 23.4. The summed E-state index contributed by atoms with van der Waals surface area (Å²) in [4.78, 5) is 45.3. The number of anilines is 1. The van der Waals surface area contributed by atoms with Gasteiger partial charge in [0.1, 0.15) is 11.7 Å². The molecule has 1 N–H and O–H groups in total. The summed E-state index contributed by atoms with van der Waals surface area (Å²) in [5.74, 6) is -1.50. The van der Waals surface area contributed by atoms with E-state index in [1.165, 1.54) is 16.8 Å². The first-order valence-electron chi connectivity index (χ1n) is 10.6.